The molecular formula is C20H19ClN2O2S. The zero-order chi connectivity index (χ0) is 18.7. The van der Waals surface area contributed by atoms with Gasteiger partial charge in [0, 0.05) is 18.7 Å². The van der Waals surface area contributed by atoms with Gasteiger partial charge in [-0.15, -0.1) is 11.3 Å². The van der Waals surface area contributed by atoms with E-state index in [1.807, 2.05) is 44.2 Å². The van der Waals surface area contributed by atoms with E-state index in [1.54, 1.807) is 30.5 Å². The molecule has 0 N–H and O–H groups in total. The first-order valence-electron chi connectivity index (χ1n) is 8.29. The molecule has 2 aromatic heterocycles. The van der Waals surface area contributed by atoms with Crippen LogP contribution < -0.4 is 4.74 Å². The van der Waals surface area contributed by atoms with E-state index in [-0.39, 0.29) is 11.7 Å². The molecule has 0 aliphatic heterocycles. The molecule has 3 aromatic rings. The minimum atomic E-state index is 0.188. The van der Waals surface area contributed by atoms with Crippen molar-refractivity contribution in [1.82, 2.24) is 9.97 Å². The molecule has 1 aromatic carbocycles. The number of pyridine rings is 1. The molecule has 6 heteroatoms. The lowest BCUT2D eigenvalue weighted by atomic mass is 10.0. The molecule has 134 valence electrons. The van der Waals surface area contributed by atoms with E-state index in [0.717, 1.165) is 20.8 Å². The van der Waals surface area contributed by atoms with Crippen LogP contribution in [0, 0.1) is 12.8 Å². The summed E-state index contributed by atoms with van der Waals surface area (Å²) in [5.74, 6) is 1.39. The van der Waals surface area contributed by atoms with Crippen molar-refractivity contribution < 1.29 is 9.53 Å². The summed E-state index contributed by atoms with van der Waals surface area (Å²) in [5.41, 5.74) is 1.70. The van der Waals surface area contributed by atoms with Gasteiger partial charge in [0.1, 0.15) is 22.1 Å². The zero-order valence-electron chi connectivity index (χ0n) is 14.8. The second-order valence-corrected chi connectivity index (χ2v) is 7.84. The van der Waals surface area contributed by atoms with Gasteiger partial charge < -0.3 is 9.53 Å². The topological polar surface area (TPSA) is 52.1 Å². The van der Waals surface area contributed by atoms with Crippen molar-refractivity contribution >= 4 is 45.0 Å². The molecule has 1 atom stereocenters. The van der Waals surface area contributed by atoms with Crippen molar-refractivity contribution in [3.8, 4) is 11.6 Å². The number of carbonyl (C=O) groups is 1. The first kappa shape index (κ1) is 18.5. The van der Waals surface area contributed by atoms with Crippen LogP contribution >= 0.6 is 22.9 Å². The molecule has 0 bridgehead atoms. The van der Waals surface area contributed by atoms with Gasteiger partial charge in [0.05, 0.1) is 9.71 Å². The molecule has 3 rings (SSSR count). The van der Waals surface area contributed by atoms with E-state index in [9.17, 15) is 4.79 Å². The number of allylic oxidation sites excluding steroid dienone is 1. The molecule has 0 aliphatic carbocycles. The number of hydrogen-bond donors (Lipinski definition) is 0. The number of aromatic nitrogens is 2. The van der Waals surface area contributed by atoms with Crippen LogP contribution in [0.25, 0.3) is 16.3 Å². The summed E-state index contributed by atoms with van der Waals surface area (Å²) in [6.07, 6.45) is 6.24. The van der Waals surface area contributed by atoms with E-state index in [4.69, 9.17) is 16.3 Å². The van der Waals surface area contributed by atoms with Crippen LogP contribution in [0.4, 0.5) is 0 Å². The monoisotopic (exact) mass is 386 g/mol. The number of thiazole rings is 1. The largest absolute Gasteiger partial charge is 0.437 e. The molecule has 0 radical (unpaired) electrons. The third-order valence-corrected chi connectivity index (χ3v) is 5.07. The van der Waals surface area contributed by atoms with Crippen molar-refractivity contribution in [3.63, 3.8) is 0 Å². The molecule has 2 heterocycles. The van der Waals surface area contributed by atoms with Gasteiger partial charge in [0.25, 0.3) is 0 Å². The minimum Gasteiger partial charge on any atom is -0.437 e. The van der Waals surface area contributed by atoms with Crippen molar-refractivity contribution in [2.24, 2.45) is 5.92 Å². The number of nitrogens with zero attached hydrogens (tertiary/aromatic N) is 2. The standard InChI is InChI=1S/C20H19ClN2O2S/c1-12(10-13(2)24)4-5-15-6-9-18(22-11-15)25-16-7-8-17-20(19(16)21)23-14(3)26-17/h4-9,11-12H,10H2,1-3H3. The summed E-state index contributed by atoms with van der Waals surface area (Å²) in [6.45, 7) is 5.57. The summed E-state index contributed by atoms with van der Waals surface area (Å²) in [5, 5.41) is 1.46. The maximum Gasteiger partial charge on any atom is 0.219 e. The Morgan fingerprint density at radius 3 is 2.85 bits per heavy atom. The number of ketones is 1. The van der Waals surface area contributed by atoms with E-state index >= 15 is 0 Å². The first-order chi connectivity index (χ1) is 12.4. The number of benzene rings is 1. The lowest BCUT2D eigenvalue weighted by molar-refractivity contribution is -0.117. The van der Waals surface area contributed by atoms with Gasteiger partial charge in [-0.1, -0.05) is 30.7 Å². The maximum absolute atomic E-state index is 11.1. The number of rotatable bonds is 6. The van der Waals surface area contributed by atoms with Crippen LogP contribution in [0.3, 0.4) is 0 Å². The Kier molecular flexibility index (Phi) is 5.69. The lowest BCUT2D eigenvalue weighted by Crippen LogP contribution is -1.97. The highest BCUT2D eigenvalue weighted by molar-refractivity contribution is 7.18. The summed E-state index contributed by atoms with van der Waals surface area (Å²) >= 11 is 8.01. The molecule has 0 fully saturated rings. The Labute approximate surface area is 161 Å². The predicted octanol–water partition coefficient (Wildman–Crippen LogP) is 6.07. The normalized spacial score (nSPS) is 12.6. The average molecular weight is 387 g/mol. The number of carbonyl (C=O) groups excluding carboxylic acids is 1. The Balaban J connectivity index is 1.72. The third kappa shape index (κ3) is 4.48. The average Bonchev–Trinajstić information content (AvgIpc) is 2.97. The maximum atomic E-state index is 11.1. The van der Waals surface area contributed by atoms with Gasteiger partial charge in [0.2, 0.25) is 5.88 Å². The van der Waals surface area contributed by atoms with Crippen LogP contribution in [-0.2, 0) is 4.79 Å². The highest BCUT2D eigenvalue weighted by Gasteiger charge is 2.12. The number of aryl methyl sites for hydroxylation is 1. The van der Waals surface area contributed by atoms with E-state index < -0.39 is 0 Å². The van der Waals surface area contributed by atoms with Crippen LogP contribution in [-0.4, -0.2) is 15.8 Å². The van der Waals surface area contributed by atoms with Gasteiger partial charge in [-0.05, 0) is 43.5 Å². The lowest BCUT2D eigenvalue weighted by Gasteiger charge is -2.07. The Hall–Kier alpha value is -2.24. The molecule has 0 saturated carbocycles. The Morgan fingerprint density at radius 2 is 2.15 bits per heavy atom. The predicted molar refractivity (Wildman–Crippen MR) is 107 cm³/mol. The summed E-state index contributed by atoms with van der Waals surface area (Å²) in [7, 11) is 0. The Bertz CT molecular complexity index is 964. The zero-order valence-corrected chi connectivity index (χ0v) is 16.4. The third-order valence-electron chi connectivity index (χ3n) is 3.77. The van der Waals surface area contributed by atoms with Gasteiger partial charge in [0.15, 0.2) is 0 Å². The molecule has 0 spiro atoms. The summed E-state index contributed by atoms with van der Waals surface area (Å²) < 4.78 is 6.85. The molecule has 0 saturated heterocycles. The second kappa shape index (κ2) is 7.98. The van der Waals surface area contributed by atoms with Crippen LogP contribution in [0.15, 0.2) is 36.5 Å². The first-order valence-corrected chi connectivity index (χ1v) is 9.49. The molecule has 0 amide bonds. The van der Waals surface area contributed by atoms with E-state index in [2.05, 4.69) is 9.97 Å². The number of fused-ring (bicyclic) bond motifs is 1. The van der Waals surface area contributed by atoms with E-state index in [0.29, 0.717) is 23.1 Å². The number of ether oxygens (including phenoxy) is 1. The van der Waals surface area contributed by atoms with E-state index in [1.165, 1.54) is 0 Å². The molecule has 1 unspecified atom stereocenters. The highest BCUT2D eigenvalue weighted by atomic mass is 35.5. The van der Waals surface area contributed by atoms with Crippen LogP contribution in [0.2, 0.25) is 5.02 Å². The number of hydrogen-bond acceptors (Lipinski definition) is 5. The molecule has 4 nitrogen and oxygen atoms in total. The molecule has 26 heavy (non-hydrogen) atoms. The van der Waals surface area contributed by atoms with Gasteiger partial charge >= 0.3 is 0 Å². The van der Waals surface area contributed by atoms with Crippen molar-refractivity contribution in [2.75, 3.05) is 0 Å². The number of halogens is 1. The minimum absolute atomic E-state index is 0.188. The smallest absolute Gasteiger partial charge is 0.219 e. The second-order valence-electron chi connectivity index (χ2n) is 6.23. The van der Waals surface area contributed by atoms with Crippen molar-refractivity contribution in [3.05, 3.63) is 52.1 Å². The van der Waals surface area contributed by atoms with Crippen molar-refractivity contribution in [2.45, 2.75) is 27.2 Å². The fraction of sp³-hybridized carbons (Fsp3) is 0.250. The van der Waals surface area contributed by atoms with Gasteiger partial charge in [-0.2, -0.15) is 0 Å². The summed E-state index contributed by atoms with van der Waals surface area (Å²) in [6, 6.07) is 7.50. The highest BCUT2D eigenvalue weighted by Crippen LogP contribution is 2.36. The fourth-order valence-corrected chi connectivity index (χ4v) is 3.73. The SMILES string of the molecule is CC(=O)CC(C)C=Cc1ccc(Oc2ccc3sc(C)nc3c2Cl)nc1. The van der Waals surface area contributed by atoms with Crippen LogP contribution in [0.5, 0.6) is 11.6 Å². The molecule has 0 aliphatic rings. The number of Topliss-reactive ketones (excluding diaryl/α,β-unsaturated/α-hetero) is 1. The Morgan fingerprint density at radius 1 is 1.35 bits per heavy atom. The quantitative estimate of drug-likeness (QED) is 0.515. The fourth-order valence-electron chi connectivity index (χ4n) is 2.59. The van der Waals surface area contributed by atoms with Gasteiger partial charge in [-0.25, -0.2) is 9.97 Å². The van der Waals surface area contributed by atoms with Crippen LogP contribution in [0.1, 0.15) is 30.8 Å². The van der Waals surface area contributed by atoms with Gasteiger partial charge in [-0.3, -0.25) is 0 Å². The molecular weight excluding hydrogens is 368 g/mol. The van der Waals surface area contributed by atoms with Crippen molar-refractivity contribution in [1.29, 1.82) is 0 Å². The summed E-state index contributed by atoms with van der Waals surface area (Å²) in [4.78, 5) is 19.9.